The van der Waals surface area contributed by atoms with Crippen LogP contribution in [0, 0.1) is 0 Å². The van der Waals surface area contributed by atoms with Gasteiger partial charge in [0.05, 0.1) is 0 Å². The summed E-state index contributed by atoms with van der Waals surface area (Å²) in [6.07, 6.45) is 0.712. The Morgan fingerprint density at radius 2 is 1.75 bits per heavy atom. The Kier molecular flexibility index (Phi) is 6.87. The lowest BCUT2D eigenvalue weighted by molar-refractivity contribution is -0.121. The van der Waals surface area contributed by atoms with Crippen LogP contribution >= 0.6 is 11.6 Å². The third-order valence-corrected chi connectivity index (χ3v) is 5.29. The topological polar surface area (TPSA) is 68.5 Å². The van der Waals surface area contributed by atoms with Gasteiger partial charge in [-0.05, 0) is 47.4 Å². The SMILES string of the molecule is O=C(CCc1cc(=O)oc2cc(OCc3cccc(Cl)c3)ccc12)NCc1ccccc1. The zero-order chi connectivity index (χ0) is 22.3. The van der Waals surface area contributed by atoms with Gasteiger partial charge in [0.2, 0.25) is 5.91 Å². The van der Waals surface area contributed by atoms with Crippen LogP contribution < -0.4 is 15.7 Å². The number of hydrogen-bond donors (Lipinski definition) is 1. The standard InChI is InChI=1S/C26H22ClNO4/c27-21-8-4-7-19(13-21)17-31-22-10-11-23-20(14-26(30)32-24(23)15-22)9-12-25(29)28-16-18-5-2-1-3-6-18/h1-8,10-11,13-15H,9,12,16-17H2,(H,28,29). The molecule has 0 radical (unpaired) electrons. The number of benzene rings is 3. The summed E-state index contributed by atoms with van der Waals surface area (Å²) in [5.74, 6) is 0.509. The first-order valence-electron chi connectivity index (χ1n) is 10.3. The van der Waals surface area contributed by atoms with E-state index >= 15 is 0 Å². The third kappa shape index (κ3) is 5.77. The highest BCUT2D eigenvalue weighted by molar-refractivity contribution is 6.30. The molecule has 0 bridgehead atoms. The molecule has 0 aliphatic rings. The summed E-state index contributed by atoms with van der Waals surface area (Å²) >= 11 is 6.01. The van der Waals surface area contributed by atoms with Crippen molar-refractivity contribution in [3.63, 3.8) is 0 Å². The maximum Gasteiger partial charge on any atom is 0.336 e. The molecule has 0 spiro atoms. The molecule has 4 rings (SSSR count). The van der Waals surface area contributed by atoms with E-state index in [1.807, 2.05) is 60.7 Å². The van der Waals surface area contributed by atoms with E-state index in [9.17, 15) is 9.59 Å². The van der Waals surface area contributed by atoms with Crippen molar-refractivity contribution in [1.82, 2.24) is 5.32 Å². The first-order valence-corrected chi connectivity index (χ1v) is 10.7. The number of carbonyl (C=O) groups is 1. The fourth-order valence-electron chi connectivity index (χ4n) is 3.43. The first kappa shape index (κ1) is 21.7. The van der Waals surface area contributed by atoms with E-state index in [-0.39, 0.29) is 12.3 Å². The molecule has 1 aromatic heterocycles. The highest BCUT2D eigenvalue weighted by atomic mass is 35.5. The summed E-state index contributed by atoms with van der Waals surface area (Å²) in [5, 5.41) is 4.34. The van der Waals surface area contributed by atoms with Crippen LogP contribution in [0.15, 0.2) is 88.1 Å². The molecule has 0 aliphatic heterocycles. The Morgan fingerprint density at radius 3 is 2.56 bits per heavy atom. The Labute approximate surface area is 190 Å². The lowest BCUT2D eigenvalue weighted by atomic mass is 10.0. The van der Waals surface area contributed by atoms with Crippen molar-refractivity contribution in [2.75, 3.05) is 0 Å². The van der Waals surface area contributed by atoms with E-state index in [4.69, 9.17) is 20.8 Å². The van der Waals surface area contributed by atoms with E-state index in [1.54, 1.807) is 12.1 Å². The maximum absolute atomic E-state index is 12.3. The molecule has 1 N–H and O–H groups in total. The highest BCUT2D eigenvalue weighted by Crippen LogP contribution is 2.24. The highest BCUT2D eigenvalue weighted by Gasteiger charge is 2.10. The fourth-order valence-corrected chi connectivity index (χ4v) is 3.65. The molecule has 4 aromatic rings. The van der Waals surface area contributed by atoms with Gasteiger partial charge in [-0.2, -0.15) is 0 Å². The lowest BCUT2D eigenvalue weighted by Gasteiger charge is -2.10. The van der Waals surface area contributed by atoms with Crippen LogP contribution in [0.5, 0.6) is 5.75 Å². The van der Waals surface area contributed by atoms with Crippen molar-refractivity contribution in [2.24, 2.45) is 0 Å². The average molecular weight is 448 g/mol. The number of nitrogens with one attached hydrogen (secondary N) is 1. The second-order valence-corrected chi connectivity index (χ2v) is 7.87. The van der Waals surface area contributed by atoms with E-state index in [0.717, 1.165) is 22.1 Å². The summed E-state index contributed by atoms with van der Waals surface area (Å²) < 4.78 is 11.2. The third-order valence-electron chi connectivity index (χ3n) is 5.05. The molecule has 162 valence electrons. The molecule has 0 atom stereocenters. The number of carbonyl (C=O) groups excluding carboxylic acids is 1. The zero-order valence-corrected chi connectivity index (χ0v) is 18.1. The number of halogens is 1. The van der Waals surface area contributed by atoms with E-state index in [2.05, 4.69) is 5.32 Å². The van der Waals surface area contributed by atoms with Crippen LogP contribution in [-0.4, -0.2) is 5.91 Å². The molecule has 1 heterocycles. The van der Waals surface area contributed by atoms with Gasteiger partial charge in [-0.25, -0.2) is 4.79 Å². The molecule has 5 nitrogen and oxygen atoms in total. The molecular formula is C26H22ClNO4. The van der Waals surface area contributed by atoms with E-state index < -0.39 is 5.63 Å². The average Bonchev–Trinajstić information content (AvgIpc) is 2.80. The Morgan fingerprint density at radius 1 is 0.938 bits per heavy atom. The van der Waals surface area contributed by atoms with Crippen LogP contribution in [-0.2, 0) is 24.4 Å². The van der Waals surface area contributed by atoms with Crippen LogP contribution in [0.25, 0.3) is 11.0 Å². The van der Waals surface area contributed by atoms with Crippen LogP contribution in [0.1, 0.15) is 23.1 Å². The van der Waals surface area contributed by atoms with Gasteiger partial charge in [0.1, 0.15) is 17.9 Å². The number of aryl methyl sites for hydroxylation is 1. The minimum atomic E-state index is -0.454. The Hall–Kier alpha value is -3.57. The van der Waals surface area contributed by atoms with Crippen molar-refractivity contribution in [1.29, 1.82) is 0 Å². The number of rotatable bonds is 8. The summed E-state index contributed by atoms with van der Waals surface area (Å²) in [6.45, 7) is 0.822. The molecule has 6 heteroatoms. The number of hydrogen-bond acceptors (Lipinski definition) is 4. The van der Waals surface area contributed by atoms with Gasteiger partial charge in [-0.3, -0.25) is 4.79 Å². The minimum Gasteiger partial charge on any atom is -0.489 e. The van der Waals surface area contributed by atoms with Crippen molar-refractivity contribution in [2.45, 2.75) is 26.0 Å². The number of ether oxygens (including phenoxy) is 1. The summed E-state index contributed by atoms with van der Waals surface area (Å²) in [4.78, 5) is 24.3. The molecule has 0 aliphatic carbocycles. The smallest absolute Gasteiger partial charge is 0.336 e. The van der Waals surface area contributed by atoms with Gasteiger partial charge >= 0.3 is 5.63 Å². The normalized spacial score (nSPS) is 10.8. The summed E-state index contributed by atoms with van der Waals surface area (Å²) in [6, 6.07) is 24.0. The molecular weight excluding hydrogens is 426 g/mol. The summed E-state index contributed by atoms with van der Waals surface area (Å²) in [7, 11) is 0. The van der Waals surface area contributed by atoms with Crippen molar-refractivity contribution in [3.8, 4) is 5.75 Å². The van der Waals surface area contributed by atoms with E-state index in [0.29, 0.717) is 35.9 Å². The van der Waals surface area contributed by atoms with Gasteiger partial charge in [0, 0.05) is 35.5 Å². The molecule has 1 amide bonds. The molecule has 0 saturated carbocycles. The minimum absolute atomic E-state index is 0.0725. The fraction of sp³-hybridized carbons (Fsp3) is 0.154. The van der Waals surface area contributed by atoms with Gasteiger partial charge in [-0.15, -0.1) is 0 Å². The van der Waals surface area contributed by atoms with Gasteiger partial charge < -0.3 is 14.5 Å². The Bertz CT molecular complexity index is 1280. The van der Waals surface area contributed by atoms with Crippen LogP contribution in [0.2, 0.25) is 5.02 Å². The van der Waals surface area contributed by atoms with Crippen molar-refractivity contribution < 1.29 is 13.9 Å². The second kappa shape index (κ2) is 10.2. The maximum atomic E-state index is 12.3. The molecule has 3 aromatic carbocycles. The number of fused-ring (bicyclic) bond motifs is 1. The quantitative estimate of drug-likeness (QED) is 0.373. The largest absolute Gasteiger partial charge is 0.489 e. The number of amides is 1. The van der Waals surface area contributed by atoms with Crippen molar-refractivity contribution in [3.05, 3.63) is 111 Å². The molecule has 32 heavy (non-hydrogen) atoms. The molecule has 0 saturated heterocycles. The zero-order valence-electron chi connectivity index (χ0n) is 17.3. The van der Waals surface area contributed by atoms with Crippen molar-refractivity contribution >= 4 is 28.5 Å². The first-order chi connectivity index (χ1) is 15.6. The summed E-state index contributed by atoms with van der Waals surface area (Å²) in [5.41, 5.74) is 2.73. The lowest BCUT2D eigenvalue weighted by Crippen LogP contribution is -2.23. The molecule has 0 unspecified atom stereocenters. The van der Waals surface area contributed by atoms with Crippen LogP contribution in [0.4, 0.5) is 0 Å². The van der Waals surface area contributed by atoms with Crippen LogP contribution in [0.3, 0.4) is 0 Å². The van der Waals surface area contributed by atoms with Gasteiger partial charge in [0.15, 0.2) is 0 Å². The van der Waals surface area contributed by atoms with Gasteiger partial charge in [-0.1, -0.05) is 54.1 Å². The Balaban J connectivity index is 1.41. The van der Waals surface area contributed by atoms with Gasteiger partial charge in [0.25, 0.3) is 0 Å². The molecule has 0 fully saturated rings. The second-order valence-electron chi connectivity index (χ2n) is 7.43. The predicted molar refractivity (Wildman–Crippen MR) is 125 cm³/mol. The predicted octanol–water partition coefficient (Wildman–Crippen LogP) is 5.27. The van der Waals surface area contributed by atoms with E-state index in [1.165, 1.54) is 6.07 Å². The monoisotopic (exact) mass is 447 g/mol.